The Labute approximate surface area is 103 Å². The molecule has 0 aromatic heterocycles. The van der Waals surface area contributed by atoms with E-state index in [1.165, 1.54) is 12.8 Å². The summed E-state index contributed by atoms with van der Waals surface area (Å²) in [6, 6.07) is 9.45. The SMILES string of the molecule is CCC(Oc1ccc(C#N)cc1)N1CCCC1. The van der Waals surface area contributed by atoms with E-state index in [2.05, 4.69) is 17.9 Å². The van der Waals surface area contributed by atoms with Crippen LogP contribution in [0.15, 0.2) is 24.3 Å². The quantitative estimate of drug-likeness (QED) is 0.798. The van der Waals surface area contributed by atoms with Gasteiger partial charge in [-0.15, -0.1) is 0 Å². The van der Waals surface area contributed by atoms with Gasteiger partial charge in [-0.05, 0) is 43.5 Å². The van der Waals surface area contributed by atoms with Gasteiger partial charge >= 0.3 is 0 Å². The van der Waals surface area contributed by atoms with E-state index in [1.807, 2.05) is 12.1 Å². The third kappa shape index (κ3) is 2.98. The van der Waals surface area contributed by atoms with Crippen LogP contribution in [0.3, 0.4) is 0 Å². The van der Waals surface area contributed by atoms with Crippen molar-refractivity contribution in [3.05, 3.63) is 29.8 Å². The molecule has 0 radical (unpaired) electrons. The lowest BCUT2D eigenvalue weighted by atomic mass is 10.2. The van der Waals surface area contributed by atoms with Crippen LogP contribution in [-0.2, 0) is 0 Å². The summed E-state index contributed by atoms with van der Waals surface area (Å²) in [5.74, 6) is 0.850. The van der Waals surface area contributed by atoms with Crippen molar-refractivity contribution in [3.8, 4) is 11.8 Å². The van der Waals surface area contributed by atoms with Gasteiger partial charge in [0.25, 0.3) is 0 Å². The zero-order valence-corrected chi connectivity index (χ0v) is 10.2. The Morgan fingerprint density at radius 3 is 2.47 bits per heavy atom. The minimum atomic E-state index is 0.172. The van der Waals surface area contributed by atoms with E-state index in [0.717, 1.165) is 25.3 Å². The molecule has 1 aliphatic rings. The normalized spacial score (nSPS) is 17.6. The molecule has 1 aromatic carbocycles. The first-order valence-electron chi connectivity index (χ1n) is 6.24. The van der Waals surface area contributed by atoms with E-state index in [-0.39, 0.29) is 6.23 Å². The standard InChI is InChI=1S/C14H18N2O/c1-2-14(16-9-3-4-10-16)17-13-7-5-12(11-15)6-8-13/h5-8,14H,2-4,9-10H2,1H3. The van der Waals surface area contributed by atoms with E-state index in [1.54, 1.807) is 12.1 Å². The van der Waals surface area contributed by atoms with Gasteiger partial charge in [0.05, 0.1) is 11.6 Å². The second-order valence-corrected chi connectivity index (χ2v) is 4.36. The van der Waals surface area contributed by atoms with Crippen LogP contribution < -0.4 is 4.74 Å². The Kier molecular flexibility index (Phi) is 4.00. The van der Waals surface area contributed by atoms with Crippen molar-refractivity contribution in [3.63, 3.8) is 0 Å². The molecule has 1 saturated heterocycles. The first-order valence-corrected chi connectivity index (χ1v) is 6.24. The van der Waals surface area contributed by atoms with E-state index in [0.29, 0.717) is 5.56 Å². The third-order valence-electron chi connectivity index (χ3n) is 3.15. The van der Waals surface area contributed by atoms with Gasteiger partial charge in [0.2, 0.25) is 0 Å². The monoisotopic (exact) mass is 230 g/mol. The number of ether oxygens (including phenoxy) is 1. The van der Waals surface area contributed by atoms with Crippen molar-refractivity contribution in [1.82, 2.24) is 4.90 Å². The molecule has 3 heteroatoms. The molecule has 90 valence electrons. The maximum absolute atomic E-state index is 8.73. The van der Waals surface area contributed by atoms with Gasteiger partial charge in [-0.1, -0.05) is 6.92 Å². The molecule has 1 aliphatic heterocycles. The zero-order chi connectivity index (χ0) is 12.1. The molecule has 1 unspecified atom stereocenters. The molecule has 3 nitrogen and oxygen atoms in total. The van der Waals surface area contributed by atoms with E-state index in [9.17, 15) is 0 Å². The van der Waals surface area contributed by atoms with Crippen molar-refractivity contribution in [2.75, 3.05) is 13.1 Å². The summed E-state index contributed by atoms with van der Waals surface area (Å²) in [5.41, 5.74) is 0.673. The van der Waals surface area contributed by atoms with E-state index in [4.69, 9.17) is 10.00 Å². The summed E-state index contributed by atoms with van der Waals surface area (Å²) in [5, 5.41) is 8.73. The molecule has 0 N–H and O–H groups in total. The smallest absolute Gasteiger partial charge is 0.152 e. The number of rotatable bonds is 4. The predicted octanol–water partition coefficient (Wildman–Crippen LogP) is 2.77. The lowest BCUT2D eigenvalue weighted by molar-refractivity contribution is 0.0402. The first kappa shape index (κ1) is 11.9. The van der Waals surface area contributed by atoms with Gasteiger partial charge in [-0.25, -0.2) is 0 Å². The largest absolute Gasteiger partial charge is 0.475 e. The molecule has 0 bridgehead atoms. The van der Waals surface area contributed by atoms with Crippen LogP contribution >= 0.6 is 0 Å². The zero-order valence-electron chi connectivity index (χ0n) is 10.2. The van der Waals surface area contributed by atoms with Crippen LogP contribution in [0.2, 0.25) is 0 Å². The van der Waals surface area contributed by atoms with E-state index >= 15 is 0 Å². The Morgan fingerprint density at radius 2 is 1.94 bits per heavy atom. The van der Waals surface area contributed by atoms with Gasteiger partial charge in [-0.3, -0.25) is 4.90 Å². The Hall–Kier alpha value is -1.53. The summed E-state index contributed by atoms with van der Waals surface area (Å²) in [4.78, 5) is 2.39. The van der Waals surface area contributed by atoms with Gasteiger partial charge < -0.3 is 4.74 Å². The maximum atomic E-state index is 8.73. The molecule has 1 atom stereocenters. The second-order valence-electron chi connectivity index (χ2n) is 4.36. The lowest BCUT2D eigenvalue weighted by Crippen LogP contribution is -2.36. The molecular weight excluding hydrogens is 212 g/mol. The van der Waals surface area contributed by atoms with Crippen molar-refractivity contribution < 1.29 is 4.74 Å². The molecule has 0 saturated carbocycles. The molecule has 17 heavy (non-hydrogen) atoms. The van der Waals surface area contributed by atoms with Crippen LogP contribution in [-0.4, -0.2) is 24.2 Å². The molecule has 2 rings (SSSR count). The highest BCUT2D eigenvalue weighted by Gasteiger charge is 2.21. The van der Waals surface area contributed by atoms with Gasteiger partial charge in [0.15, 0.2) is 6.23 Å². The fraction of sp³-hybridized carbons (Fsp3) is 0.500. The highest BCUT2D eigenvalue weighted by atomic mass is 16.5. The van der Waals surface area contributed by atoms with Gasteiger partial charge in [-0.2, -0.15) is 5.26 Å². The van der Waals surface area contributed by atoms with Crippen LogP contribution in [0.25, 0.3) is 0 Å². The molecule has 1 heterocycles. The average Bonchev–Trinajstić information content (AvgIpc) is 2.90. The Morgan fingerprint density at radius 1 is 1.29 bits per heavy atom. The molecular formula is C14H18N2O. The summed E-state index contributed by atoms with van der Waals surface area (Å²) in [6.45, 7) is 4.41. The van der Waals surface area contributed by atoms with Gasteiger partial charge in [0.1, 0.15) is 5.75 Å². The fourth-order valence-electron chi connectivity index (χ4n) is 2.21. The molecule has 0 spiro atoms. The number of hydrogen-bond donors (Lipinski definition) is 0. The summed E-state index contributed by atoms with van der Waals surface area (Å²) in [7, 11) is 0. The summed E-state index contributed by atoms with van der Waals surface area (Å²) >= 11 is 0. The minimum Gasteiger partial charge on any atom is -0.475 e. The molecule has 1 aromatic rings. The minimum absolute atomic E-state index is 0.172. The first-order chi connectivity index (χ1) is 8.33. The van der Waals surface area contributed by atoms with Crippen LogP contribution in [0, 0.1) is 11.3 Å². The van der Waals surface area contributed by atoms with Crippen molar-refractivity contribution in [2.24, 2.45) is 0 Å². The van der Waals surface area contributed by atoms with Crippen LogP contribution in [0.4, 0.5) is 0 Å². The maximum Gasteiger partial charge on any atom is 0.152 e. The highest BCUT2D eigenvalue weighted by Crippen LogP contribution is 2.19. The highest BCUT2D eigenvalue weighted by molar-refractivity contribution is 5.34. The van der Waals surface area contributed by atoms with Crippen LogP contribution in [0.1, 0.15) is 31.7 Å². The molecule has 0 amide bonds. The third-order valence-corrected chi connectivity index (χ3v) is 3.15. The molecule has 0 aliphatic carbocycles. The number of nitrogens with zero attached hydrogens (tertiary/aromatic N) is 2. The predicted molar refractivity (Wildman–Crippen MR) is 66.7 cm³/mol. The van der Waals surface area contributed by atoms with Crippen molar-refractivity contribution >= 4 is 0 Å². The fourth-order valence-corrected chi connectivity index (χ4v) is 2.21. The number of nitriles is 1. The average molecular weight is 230 g/mol. The summed E-state index contributed by atoms with van der Waals surface area (Å²) in [6.07, 6.45) is 3.70. The number of hydrogen-bond acceptors (Lipinski definition) is 3. The number of likely N-dealkylation sites (tertiary alicyclic amines) is 1. The summed E-state index contributed by atoms with van der Waals surface area (Å²) < 4.78 is 5.96. The Bertz CT molecular complexity index is 388. The lowest BCUT2D eigenvalue weighted by Gasteiger charge is -2.27. The Balaban J connectivity index is 1.99. The van der Waals surface area contributed by atoms with Crippen molar-refractivity contribution in [1.29, 1.82) is 5.26 Å². The molecule has 1 fully saturated rings. The van der Waals surface area contributed by atoms with Gasteiger partial charge in [0, 0.05) is 13.1 Å². The van der Waals surface area contributed by atoms with Crippen LogP contribution in [0.5, 0.6) is 5.75 Å². The van der Waals surface area contributed by atoms with Crippen molar-refractivity contribution in [2.45, 2.75) is 32.4 Å². The topological polar surface area (TPSA) is 36.3 Å². The second kappa shape index (κ2) is 5.70. The van der Waals surface area contributed by atoms with E-state index < -0.39 is 0 Å². The number of benzene rings is 1.